The molecule has 0 saturated carbocycles. The number of nitrogens with zero attached hydrogens (tertiary/aromatic N) is 1. The number of rotatable bonds is 5. The zero-order valence-electron chi connectivity index (χ0n) is 13.8. The van der Waals surface area contributed by atoms with Gasteiger partial charge in [-0.2, -0.15) is 0 Å². The molecular weight excluding hydrogens is 493 g/mol. The van der Waals surface area contributed by atoms with E-state index in [4.69, 9.17) is 28.9 Å². The van der Waals surface area contributed by atoms with E-state index in [1.54, 1.807) is 24.3 Å². The first-order valence-electron chi connectivity index (χ1n) is 7.42. The van der Waals surface area contributed by atoms with Gasteiger partial charge in [0.05, 0.1) is 6.04 Å². The first-order valence-corrected chi connectivity index (χ1v) is 8.17. The van der Waals surface area contributed by atoms with Gasteiger partial charge in [0, 0.05) is 15.7 Å². The van der Waals surface area contributed by atoms with Gasteiger partial charge in [0.1, 0.15) is 12.4 Å². The van der Waals surface area contributed by atoms with E-state index in [1.165, 1.54) is 18.2 Å². The third-order valence-corrected chi connectivity index (χ3v) is 3.86. The third kappa shape index (κ3) is 6.97. The second-order valence-corrected chi connectivity index (χ2v) is 6.14. The van der Waals surface area contributed by atoms with Crippen LogP contribution in [0.25, 0.3) is 0 Å². The molecule has 26 heavy (non-hydrogen) atoms. The van der Waals surface area contributed by atoms with E-state index >= 15 is 0 Å². The standard InChI is InChI=1S/C17H17Cl2FN4O.HI/c1-10(14-6-5-11(18)7-15(14)19)23-17(21)22-9-16(25)24-13-4-2-3-12(20)8-13;/h2-8,10H,9H2,1H3,(H,24,25)(H3,21,22,23);1H. The number of halogens is 4. The van der Waals surface area contributed by atoms with Crippen molar-refractivity contribution in [1.29, 1.82) is 0 Å². The Bertz CT molecular complexity index is 804. The van der Waals surface area contributed by atoms with Crippen LogP contribution in [0, 0.1) is 5.82 Å². The molecule has 1 atom stereocenters. The van der Waals surface area contributed by atoms with Crippen LogP contribution in [0.4, 0.5) is 10.1 Å². The van der Waals surface area contributed by atoms with Crippen LogP contribution in [0.2, 0.25) is 10.0 Å². The molecule has 2 aromatic rings. The van der Waals surface area contributed by atoms with Crippen molar-refractivity contribution in [3.05, 3.63) is 63.9 Å². The minimum Gasteiger partial charge on any atom is -0.370 e. The van der Waals surface area contributed by atoms with E-state index in [0.717, 1.165) is 5.56 Å². The zero-order chi connectivity index (χ0) is 18.4. The van der Waals surface area contributed by atoms with Crippen LogP contribution in [0.15, 0.2) is 47.5 Å². The highest BCUT2D eigenvalue weighted by atomic mass is 127. The lowest BCUT2D eigenvalue weighted by atomic mass is 10.1. The van der Waals surface area contributed by atoms with Crippen LogP contribution in [0.5, 0.6) is 0 Å². The van der Waals surface area contributed by atoms with E-state index in [1.807, 2.05) is 6.92 Å². The molecule has 1 unspecified atom stereocenters. The average Bonchev–Trinajstić information content (AvgIpc) is 2.52. The summed E-state index contributed by atoms with van der Waals surface area (Å²) in [5, 5.41) is 6.52. The summed E-state index contributed by atoms with van der Waals surface area (Å²) >= 11 is 12.0. The lowest BCUT2D eigenvalue weighted by Crippen LogP contribution is -2.34. The molecular formula is C17H18Cl2FIN4O. The van der Waals surface area contributed by atoms with Crippen LogP contribution in [0.1, 0.15) is 18.5 Å². The van der Waals surface area contributed by atoms with E-state index in [9.17, 15) is 9.18 Å². The smallest absolute Gasteiger partial charge is 0.246 e. The number of guanidine groups is 1. The molecule has 140 valence electrons. The normalized spacial score (nSPS) is 12.1. The summed E-state index contributed by atoms with van der Waals surface area (Å²) in [4.78, 5) is 15.8. The van der Waals surface area contributed by atoms with Gasteiger partial charge in [-0.25, -0.2) is 9.38 Å². The van der Waals surface area contributed by atoms with Crippen molar-refractivity contribution < 1.29 is 9.18 Å². The van der Waals surface area contributed by atoms with Crippen molar-refractivity contribution >= 4 is 64.7 Å². The molecule has 0 aliphatic carbocycles. The van der Waals surface area contributed by atoms with Gasteiger partial charge < -0.3 is 16.4 Å². The van der Waals surface area contributed by atoms with Gasteiger partial charge in [-0.05, 0) is 42.8 Å². The van der Waals surface area contributed by atoms with Crippen LogP contribution in [-0.4, -0.2) is 18.4 Å². The summed E-state index contributed by atoms with van der Waals surface area (Å²) in [6.07, 6.45) is 0. The lowest BCUT2D eigenvalue weighted by molar-refractivity contribution is -0.114. The lowest BCUT2D eigenvalue weighted by Gasteiger charge is -2.16. The summed E-state index contributed by atoms with van der Waals surface area (Å²) in [5.41, 5.74) is 6.94. The van der Waals surface area contributed by atoms with Crippen molar-refractivity contribution in [1.82, 2.24) is 5.32 Å². The molecule has 0 bridgehead atoms. The van der Waals surface area contributed by atoms with E-state index in [2.05, 4.69) is 15.6 Å². The van der Waals surface area contributed by atoms with Gasteiger partial charge in [0.2, 0.25) is 5.91 Å². The fourth-order valence-corrected chi connectivity index (χ4v) is 2.69. The minimum absolute atomic E-state index is 0. The quantitative estimate of drug-likeness (QED) is 0.318. The Hall–Kier alpha value is -1.58. The molecule has 0 heterocycles. The van der Waals surface area contributed by atoms with E-state index in [0.29, 0.717) is 15.7 Å². The Balaban J connectivity index is 0.00000338. The highest BCUT2D eigenvalue weighted by Gasteiger charge is 2.11. The summed E-state index contributed by atoms with van der Waals surface area (Å²) in [6.45, 7) is 1.65. The molecule has 0 saturated heterocycles. The highest BCUT2D eigenvalue weighted by molar-refractivity contribution is 14.0. The Morgan fingerprint density at radius 1 is 1.27 bits per heavy atom. The molecule has 2 rings (SSSR count). The highest BCUT2D eigenvalue weighted by Crippen LogP contribution is 2.25. The molecule has 5 nitrogen and oxygen atoms in total. The van der Waals surface area contributed by atoms with Crippen LogP contribution in [0.3, 0.4) is 0 Å². The van der Waals surface area contributed by atoms with Gasteiger partial charge in [0.25, 0.3) is 0 Å². The van der Waals surface area contributed by atoms with E-state index < -0.39 is 11.7 Å². The molecule has 0 aliphatic rings. The largest absolute Gasteiger partial charge is 0.370 e. The fraction of sp³-hybridized carbons (Fsp3) is 0.176. The number of hydrogen-bond acceptors (Lipinski definition) is 2. The maximum Gasteiger partial charge on any atom is 0.246 e. The first-order chi connectivity index (χ1) is 11.8. The Kier molecular flexibility index (Phi) is 9.11. The van der Waals surface area contributed by atoms with Gasteiger partial charge in [-0.15, -0.1) is 24.0 Å². The number of anilines is 1. The molecule has 9 heteroatoms. The number of nitrogens with one attached hydrogen (secondary N) is 2. The third-order valence-electron chi connectivity index (χ3n) is 3.29. The Morgan fingerprint density at radius 3 is 2.65 bits per heavy atom. The van der Waals surface area contributed by atoms with Crippen molar-refractivity contribution in [2.75, 3.05) is 11.9 Å². The predicted octanol–water partition coefficient (Wildman–Crippen LogP) is 4.35. The van der Waals surface area contributed by atoms with Gasteiger partial charge >= 0.3 is 0 Å². The second kappa shape index (κ2) is 10.5. The van der Waals surface area contributed by atoms with Crippen LogP contribution >= 0.6 is 47.2 Å². The second-order valence-electron chi connectivity index (χ2n) is 5.29. The Labute approximate surface area is 178 Å². The summed E-state index contributed by atoms with van der Waals surface area (Å²) in [7, 11) is 0. The molecule has 0 radical (unpaired) electrons. The maximum absolute atomic E-state index is 13.1. The molecule has 2 aromatic carbocycles. The predicted molar refractivity (Wildman–Crippen MR) is 115 cm³/mol. The number of benzene rings is 2. The number of hydrogen-bond donors (Lipinski definition) is 3. The summed E-state index contributed by atoms with van der Waals surface area (Å²) in [5.74, 6) is -0.753. The molecule has 0 aromatic heterocycles. The van der Waals surface area contributed by atoms with Crippen molar-refractivity contribution in [3.8, 4) is 0 Å². The number of amides is 1. The fourth-order valence-electron chi connectivity index (χ4n) is 2.12. The average molecular weight is 511 g/mol. The molecule has 1 amide bonds. The Morgan fingerprint density at radius 2 is 2.00 bits per heavy atom. The topological polar surface area (TPSA) is 79.5 Å². The van der Waals surface area contributed by atoms with Crippen molar-refractivity contribution in [2.45, 2.75) is 13.0 Å². The van der Waals surface area contributed by atoms with E-state index in [-0.39, 0.29) is 42.5 Å². The zero-order valence-corrected chi connectivity index (χ0v) is 17.6. The number of nitrogens with two attached hydrogens (primary N) is 1. The number of carbonyl (C=O) groups excluding carboxylic acids is 1. The van der Waals surface area contributed by atoms with Gasteiger partial charge in [-0.1, -0.05) is 35.3 Å². The SMILES string of the molecule is CC(NC(N)=NCC(=O)Nc1cccc(F)c1)c1ccc(Cl)cc1Cl.I. The molecule has 0 aliphatic heterocycles. The van der Waals surface area contributed by atoms with Crippen LogP contribution < -0.4 is 16.4 Å². The first kappa shape index (κ1) is 22.5. The minimum atomic E-state index is -0.434. The summed E-state index contributed by atoms with van der Waals surface area (Å²) < 4.78 is 13.1. The van der Waals surface area contributed by atoms with Gasteiger partial charge in [-0.3, -0.25) is 4.79 Å². The van der Waals surface area contributed by atoms with Crippen molar-refractivity contribution in [3.63, 3.8) is 0 Å². The van der Waals surface area contributed by atoms with Crippen molar-refractivity contribution in [2.24, 2.45) is 10.7 Å². The molecule has 0 spiro atoms. The molecule has 4 N–H and O–H groups in total. The number of aliphatic imine (C=N–C) groups is 1. The van der Waals surface area contributed by atoms with Gasteiger partial charge in [0.15, 0.2) is 5.96 Å². The maximum atomic E-state index is 13.1. The monoisotopic (exact) mass is 510 g/mol. The number of carbonyl (C=O) groups is 1. The summed E-state index contributed by atoms with van der Waals surface area (Å²) in [6, 6.07) is 10.5. The molecule has 0 fully saturated rings. The van der Waals surface area contributed by atoms with Crippen LogP contribution in [-0.2, 0) is 4.79 Å².